The number of hydrogen-bond acceptors (Lipinski definition) is 5. The van der Waals surface area contributed by atoms with Gasteiger partial charge in [0, 0.05) is 31.7 Å². The van der Waals surface area contributed by atoms with Gasteiger partial charge >= 0.3 is 0 Å². The molecule has 144 valence electrons. The quantitative estimate of drug-likeness (QED) is 0.614. The van der Waals surface area contributed by atoms with Gasteiger partial charge in [-0.15, -0.1) is 11.3 Å². The molecule has 4 nitrogen and oxygen atoms in total. The van der Waals surface area contributed by atoms with Gasteiger partial charge in [-0.2, -0.15) is 12.6 Å². The smallest absolute Gasteiger partial charge is 0.210 e. The van der Waals surface area contributed by atoms with Gasteiger partial charge in [0.05, 0.1) is 6.04 Å². The van der Waals surface area contributed by atoms with Crippen LogP contribution in [0.25, 0.3) is 10.4 Å². The van der Waals surface area contributed by atoms with Crippen molar-refractivity contribution in [2.24, 2.45) is 5.73 Å². The Morgan fingerprint density at radius 2 is 2.04 bits per heavy atom. The molecule has 0 bridgehead atoms. The molecule has 0 aliphatic carbocycles. The summed E-state index contributed by atoms with van der Waals surface area (Å²) in [5.41, 5.74) is 8.71. The van der Waals surface area contributed by atoms with E-state index in [4.69, 9.17) is 5.73 Å². The van der Waals surface area contributed by atoms with Crippen molar-refractivity contribution in [3.63, 3.8) is 0 Å². The van der Waals surface area contributed by atoms with E-state index >= 15 is 0 Å². The number of benzene rings is 1. The number of carbonyl (C=O) groups is 1. The number of likely N-dealkylation sites (tertiary alicyclic amines) is 1. The van der Waals surface area contributed by atoms with E-state index in [9.17, 15) is 4.79 Å². The van der Waals surface area contributed by atoms with E-state index in [0.29, 0.717) is 0 Å². The molecule has 2 N–H and O–H groups in total. The fraction of sp³-hybridized carbons (Fsp3) is 0.450. The van der Waals surface area contributed by atoms with Gasteiger partial charge < -0.3 is 15.4 Å². The first kappa shape index (κ1) is 22.7. The molecule has 1 aliphatic rings. The second-order valence-corrected chi connectivity index (χ2v) is 6.95. The van der Waals surface area contributed by atoms with Crippen LogP contribution in [0.3, 0.4) is 0 Å². The second-order valence-electron chi connectivity index (χ2n) is 6.01. The van der Waals surface area contributed by atoms with Crippen LogP contribution in [0.15, 0.2) is 41.8 Å². The third-order valence-electron chi connectivity index (χ3n) is 4.19. The summed E-state index contributed by atoms with van der Waals surface area (Å²) in [4.78, 5) is 14.4. The van der Waals surface area contributed by atoms with E-state index in [0.717, 1.165) is 32.2 Å². The standard InChI is InChI=1S/C17H20N2OS.C2H6O.CH4S/c18-15-6-2-8-19(12-20)16(15)11-13-4-1-5-14(10-13)17-7-3-9-21-17;1-3-2;1-2/h1,3-5,7,9-10,12,15-16H,2,6,8,11,18H2;1-2H3;2H,1H3. The summed E-state index contributed by atoms with van der Waals surface area (Å²) in [5.74, 6) is 0. The van der Waals surface area contributed by atoms with Gasteiger partial charge in [-0.25, -0.2) is 0 Å². The van der Waals surface area contributed by atoms with Crippen LogP contribution in [0.2, 0.25) is 0 Å². The predicted octanol–water partition coefficient (Wildman–Crippen LogP) is 3.71. The maximum atomic E-state index is 11.2. The monoisotopic (exact) mass is 394 g/mol. The zero-order valence-electron chi connectivity index (χ0n) is 15.8. The first-order valence-electron chi connectivity index (χ1n) is 8.64. The number of rotatable bonds is 4. The average Bonchev–Trinajstić information content (AvgIpc) is 3.21. The minimum atomic E-state index is 0.0781. The molecule has 0 saturated carbocycles. The largest absolute Gasteiger partial charge is 0.388 e. The van der Waals surface area contributed by atoms with Crippen molar-refractivity contribution in [2.45, 2.75) is 31.3 Å². The van der Waals surface area contributed by atoms with Crippen molar-refractivity contribution in [3.05, 3.63) is 47.3 Å². The number of thiol groups is 1. The lowest BCUT2D eigenvalue weighted by Gasteiger charge is -2.37. The second kappa shape index (κ2) is 12.9. The molecule has 1 aliphatic heterocycles. The molecule has 2 atom stereocenters. The maximum Gasteiger partial charge on any atom is 0.210 e. The van der Waals surface area contributed by atoms with Gasteiger partial charge in [0.25, 0.3) is 0 Å². The van der Waals surface area contributed by atoms with E-state index in [1.165, 1.54) is 16.0 Å². The summed E-state index contributed by atoms with van der Waals surface area (Å²) >= 11 is 5.27. The summed E-state index contributed by atoms with van der Waals surface area (Å²) in [6.07, 6.45) is 5.48. The Morgan fingerprint density at radius 1 is 1.31 bits per heavy atom. The highest BCUT2D eigenvalue weighted by Crippen LogP contribution is 2.26. The molecule has 2 heterocycles. The Morgan fingerprint density at radius 3 is 2.65 bits per heavy atom. The van der Waals surface area contributed by atoms with Crippen LogP contribution in [-0.4, -0.2) is 50.4 Å². The van der Waals surface area contributed by atoms with E-state index in [1.54, 1.807) is 31.8 Å². The highest BCUT2D eigenvalue weighted by Gasteiger charge is 2.28. The SMILES string of the molecule is COC.CS.NC1CCCN(C=O)C1Cc1cccc(-c2cccs2)c1. The zero-order chi connectivity index (χ0) is 19.4. The van der Waals surface area contributed by atoms with Gasteiger partial charge in [-0.3, -0.25) is 4.79 Å². The van der Waals surface area contributed by atoms with Gasteiger partial charge in [0.1, 0.15) is 0 Å². The van der Waals surface area contributed by atoms with Crippen molar-refractivity contribution in [2.75, 3.05) is 27.0 Å². The van der Waals surface area contributed by atoms with Crippen LogP contribution in [-0.2, 0) is 16.0 Å². The Bertz CT molecular complexity index is 620. The number of nitrogens with two attached hydrogens (primary N) is 1. The molecular formula is C20H30N2O2S2. The van der Waals surface area contributed by atoms with Gasteiger partial charge in [0.2, 0.25) is 6.41 Å². The third-order valence-corrected chi connectivity index (χ3v) is 5.11. The lowest BCUT2D eigenvalue weighted by atomic mass is 9.91. The van der Waals surface area contributed by atoms with Gasteiger partial charge in [-0.1, -0.05) is 30.3 Å². The van der Waals surface area contributed by atoms with Gasteiger partial charge in [-0.05, 0) is 48.1 Å². The molecule has 1 amide bonds. The highest BCUT2D eigenvalue weighted by atomic mass is 32.1. The van der Waals surface area contributed by atoms with Crippen LogP contribution < -0.4 is 5.73 Å². The van der Waals surface area contributed by atoms with Crippen molar-refractivity contribution < 1.29 is 9.53 Å². The lowest BCUT2D eigenvalue weighted by Crippen LogP contribution is -2.52. The number of amides is 1. The van der Waals surface area contributed by atoms with Crippen molar-refractivity contribution in [3.8, 4) is 10.4 Å². The molecular weight excluding hydrogens is 364 g/mol. The minimum absolute atomic E-state index is 0.0781. The Kier molecular flexibility index (Phi) is 11.3. The van der Waals surface area contributed by atoms with Crippen molar-refractivity contribution in [1.29, 1.82) is 0 Å². The number of methoxy groups -OCH3 is 1. The van der Waals surface area contributed by atoms with E-state index < -0.39 is 0 Å². The Hall–Kier alpha value is -1.34. The van der Waals surface area contributed by atoms with Crippen LogP contribution in [0.4, 0.5) is 0 Å². The highest BCUT2D eigenvalue weighted by molar-refractivity contribution is 7.79. The third kappa shape index (κ3) is 6.76. The number of nitrogens with zero attached hydrogens (tertiary/aromatic N) is 1. The summed E-state index contributed by atoms with van der Waals surface area (Å²) < 4.78 is 4.25. The number of carbonyl (C=O) groups excluding carboxylic acids is 1. The molecule has 0 spiro atoms. The fourth-order valence-electron chi connectivity index (χ4n) is 3.05. The molecule has 0 radical (unpaired) electrons. The number of hydrogen-bond donors (Lipinski definition) is 2. The topological polar surface area (TPSA) is 55.6 Å². The molecule has 1 saturated heterocycles. The normalized spacial score (nSPS) is 18.9. The van der Waals surface area contributed by atoms with Gasteiger partial charge in [0.15, 0.2) is 0 Å². The van der Waals surface area contributed by atoms with Crippen LogP contribution >= 0.6 is 24.0 Å². The molecule has 1 aromatic heterocycles. The van der Waals surface area contributed by atoms with Crippen LogP contribution in [0, 0.1) is 0 Å². The Balaban J connectivity index is 0.000000615. The Labute approximate surface area is 166 Å². The zero-order valence-corrected chi connectivity index (χ0v) is 17.5. The first-order valence-corrected chi connectivity index (χ1v) is 10.4. The summed E-state index contributed by atoms with van der Waals surface area (Å²) in [5, 5.41) is 2.09. The average molecular weight is 395 g/mol. The molecule has 1 fully saturated rings. The summed E-state index contributed by atoms with van der Waals surface area (Å²) in [6, 6.07) is 13.0. The van der Waals surface area contributed by atoms with Crippen molar-refractivity contribution in [1.82, 2.24) is 4.90 Å². The van der Waals surface area contributed by atoms with Crippen LogP contribution in [0.1, 0.15) is 18.4 Å². The molecule has 1 aromatic carbocycles. The maximum absolute atomic E-state index is 11.2. The molecule has 2 unspecified atom stereocenters. The number of piperidine rings is 1. The van der Waals surface area contributed by atoms with Crippen molar-refractivity contribution >= 4 is 30.4 Å². The number of ether oxygens (including phenoxy) is 1. The predicted molar refractivity (Wildman–Crippen MR) is 115 cm³/mol. The minimum Gasteiger partial charge on any atom is -0.388 e. The summed E-state index contributed by atoms with van der Waals surface area (Å²) in [7, 11) is 3.25. The van der Waals surface area contributed by atoms with E-state index in [1.807, 2.05) is 4.90 Å². The van der Waals surface area contributed by atoms with Crippen LogP contribution in [0.5, 0.6) is 0 Å². The molecule has 6 heteroatoms. The van der Waals surface area contributed by atoms with E-state index in [2.05, 4.69) is 59.1 Å². The lowest BCUT2D eigenvalue weighted by molar-refractivity contribution is -0.121. The van der Waals surface area contributed by atoms with E-state index in [-0.39, 0.29) is 12.1 Å². The fourth-order valence-corrected chi connectivity index (χ4v) is 3.77. The molecule has 2 aromatic rings. The molecule has 3 rings (SSSR count). The summed E-state index contributed by atoms with van der Waals surface area (Å²) in [6.45, 7) is 0.826. The first-order chi connectivity index (χ1) is 12.7. The number of thiophene rings is 1. The molecule has 26 heavy (non-hydrogen) atoms.